The number of aromatic hydroxyl groups is 1. The van der Waals surface area contributed by atoms with Gasteiger partial charge in [-0.3, -0.25) is 9.59 Å². The number of nitrogens with one attached hydrogen (secondary N) is 3. The summed E-state index contributed by atoms with van der Waals surface area (Å²) in [6.07, 6.45) is 1.03. The Morgan fingerprint density at radius 2 is 1.57 bits per heavy atom. The highest BCUT2D eigenvalue weighted by atomic mass is 16.6. The molecule has 0 fully saturated rings. The summed E-state index contributed by atoms with van der Waals surface area (Å²) in [5, 5.41) is 18.2. The number of carbonyl (C=O) groups is 3. The number of hydrogen-bond donors (Lipinski definition) is 4. The molecule has 8 nitrogen and oxygen atoms in total. The number of phenols is 1. The number of alkyl carbamates (subject to hydrolysis) is 1. The summed E-state index contributed by atoms with van der Waals surface area (Å²) in [5.41, 5.74) is 1.64. The Kier molecular flexibility index (Phi) is 10.1. The summed E-state index contributed by atoms with van der Waals surface area (Å²) >= 11 is 0. The molecule has 1 unspecified atom stereocenters. The Hall–Kier alpha value is -3.55. The Labute approximate surface area is 220 Å². The molecular formula is C29H41N3O5. The summed E-state index contributed by atoms with van der Waals surface area (Å²) in [5.74, 6) is -0.700. The third-order valence-corrected chi connectivity index (χ3v) is 5.87. The normalized spacial score (nSPS) is 12.4. The first-order valence-electron chi connectivity index (χ1n) is 12.6. The third-order valence-electron chi connectivity index (χ3n) is 5.87. The van der Waals surface area contributed by atoms with Crippen LogP contribution in [0.5, 0.6) is 5.75 Å². The molecular weight excluding hydrogens is 470 g/mol. The SMILES string of the molecule is Cc1cc(O)cc(C)c1CC(NC(=O)OC(C)(C)C)C(=O)NC(C)(C)C(=O)NCCCc1ccccc1. The molecule has 2 rings (SSSR count). The smallest absolute Gasteiger partial charge is 0.408 e. The molecule has 0 saturated carbocycles. The van der Waals surface area contributed by atoms with Crippen LogP contribution in [0.3, 0.4) is 0 Å². The van der Waals surface area contributed by atoms with Crippen molar-refractivity contribution in [1.29, 1.82) is 0 Å². The van der Waals surface area contributed by atoms with E-state index in [-0.39, 0.29) is 18.1 Å². The first kappa shape index (κ1) is 29.7. The minimum atomic E-state index is -1.21. The second-order valence-electron chi connectivity index (χ2n) is 10.9. The lowest BCUT2D eigenvalue weighted by atomic mass is 9.94. The Bertz CT molecular complexity index is 1070. The van der Waals surface area contributed by atoms with E-state index < -0.39 is 29.2 Å². The van der Waals surface area contributed by atoms with Gasteiger partial charge in [0, 0.05) is 13.0 Å². The quantitative estimate of drug-likeness (QED) is 0.359. The van der Waals surface area contributed by atoms with Gasteiger partial charge in [0.25, 0.3) is 0 Å². The van der Waals surface area contributed by atoms with E-state index in [0.29, 0.717) is 6.54 Å². The van der Waals surface area contributed by atoms with Crippen molar-refractivity contribution in [3.05, 3.63) is 64.7 Å². The van der Waals surface area contributed by atoms with Crippen molar-refractivity contribution in [3.63, 3.8) is 0 Å². The molecule has 37 heavy (non-hydrogen) atoms. The predicted molar refractivity (Wildman–Crippen MR) is 144 cm³/mol. The summed E-state index contributed by atoms with van der Waals surface area (Å²) in [4.78, 5) is 38.8. The van der Waals surface area contributed by atoms with Crippen LogP contribution in [0.15, 0.2) is 42.5 Å². The molecule has 2 aromatic carbocycles. The average Bonchev–Trinajstić information content (AvgIpc) is 2.77. The lowest BCUT2D eigenvalue weighted by Crippen LogP contribution is -2.60. The van der Waals surface area contributed by atoms with E-state index in [4.69, 9.17) is 4.74 Å². The van der Waals surface area contributed by atoms with Gasteiger partial charge in [-0.15, -0.1) is 0 Å². The second-order valence-corrected chi connectivity index (χ2v) is 10.9. The number of amides is 3. The molecule has 0 aliphatic heterocycles. The monoisotopic (exact) mass is 511 g/mol. The molecule has 0 saturated heterocycles. The lowest BCUT2D eigenvalue weighted by molar-refractivity contribution is -0.133. The molecule has 0 radical (unpaired) electrons. The van der Waals surface area contributed by atoms with E-state index in [1.54, 1.807) is 46.8 Å². The maximum Gasteiger partial charge on any atom is 0.408 e. The van der Waals surface area contributed by atoms with E-state index in [1.165, 1.54) is 5.56 Å². The second kappa shape index (κ2) is 12.6. The van der Waals surface area contributed by atoms with Crippen LogP contribution in [-0.2, 0) is 27.2 Å². The van der Waals surface area contributed by atoms with E-state index in [0.717, 1.165) is 29.5 Å². The van der Waals surface area contributed by atoms with Crippen molar-refractivity contribution in [2.45, 2.75) is 84.9 Å². The molecule has 4 N–H and O–H groups in total. The van der Waals surface area contributed by atoms with Crippen molar-refractivity contribution < 1.29 is 24.2 Å². The molecule has 0 aromatic heterocycles. The molecule has 3 amide bonds. The standard InChI is InChI=1S/C29H41N3O5/c1-19-16-22(33)17-20(2)23(19)18-24(31-27(36)37-28(3,4)5)25(34)32-29(6,7)26(35)30-15-11-14-21-12-9-8-10-13-21/h8-10,12-13,16-17,24,33H,11,14-15,18H2,1-7H3,(H,30,35)(H,31,36)(H,32,34). The van der Waals surface area contributed by atoms with E-state index >= 15 is 0 Å². The topological polar surface area (TPSA) is 117 Å². The van der Waals surface area contributed by atoms with Gasteiger partial charge in [0.05, 0.1) is 0 Å². The molecule has 1 atom stereocenters. The number of hydrogen-bond acceptors (Lipinski definition) is 5. The zero-order valence-electron chi connectivity index (χ0n) is 23.0. The van der Waals surface area contributed by atoms with Crippen molar-refractivity contribution in [1.82, 2.24) is 16.0 Å². The first-order chi connectivity index (χ1) is 17.2. The van der Waals surface area contributed by atoms with Crippen LogP contribution >= 0.6 is 0 Å². The zero-order valence-corrected chi connectivity index (χ0v) is 23.0. The maximum atomic E-state index is 13.4. The van der Waals surface area contributed by atoms with Crippen LogP contribution in [0.25, 0.3) is 0 Å². The molecule has 0 bridgehead atoms. The minimum absolute atomic E-state index is 0.130. The highest BCUT2D eigenvalue weighted by Crippen LogP contribution is 2.22. The van der Waals surface area contributed by atoms with E-state index in [9.17, 15) is 19.5 Å². The molecule has 0 aliphatic rings. The summed E-state index contributed by atoms with van der Waals surface area (Å²) < 4.78 is 5.37. The number of benzene rings is 2. The van der Waals surface area contributed by atoms with E-state index in [2.05, 4.69) is 16.0 Å². The highest BCUT2D eigenvalue weighted by Gasteiger charge is 2.33. The molecule has 0 heterocycles. The number of phenolic OH excluding ortho intramolecular Hbond substituents is 1. The van der Waals surface area contributed by atoms with Crippen molar-refractivity contribution in [2.24, 2.45) is 0 Å². The fourth-order valence-corrected chi connectivity index (χ4v) is 3.97. The van der Waals surface area contributed by atoms with Gasteiger partial charge in [-0.1, -0.05) is 30.3 Å². The first-order valence-corrected chi connectivity index (χ1v) is 12.6. The van der Waals surface area contributed by atoms with Crippen LogP contribution in [0.4, 0.5) is 4.79 Å². The third kappa shape index (κ3) is 9.79. The molecule has 0 aliphatic carbocycles. The van der Waals surface area contributed by atoms with Gasteiger partial charge < -0.3 is 25.8 Å². The van der Waals surface area contributed by atoms with Crippen LogP contribution in [0.1, 0.15) is 63.3 Å². The van der Waals surface area contributed by atoms with Gasteiger partial charge in [-0.05, 0) is 95.7 Å². The lowest BCUT2D eigenvalue weighted by Gasteiger charge is -2.29. The van der Waals surface area contributed by atoms with Crippen LogP contribution < -0.4 is 16.0 Å². The largest absolute Gasteiger partial charge is 0.508 e. The minimum Gasteiger partial charge on any atom is -0.508 e. The predicted octanol–water partition coefficient (Wildman–Crippen LogP) is 4.09. The highest BCUT2D eigenvalue weighted by molar-refractivity contribution is 5.93. The Balaban J connectivity index is 2.09. The number of carbonyl (C=O) groups excluding carboxylic acids is 3. The number of aryl methyl sites for hydroxylation is 3. The van der Waals surface area contributed by atoms with Gasteiger partial charge in [0.1, 0.15) is 22.9 Å². The fourth-order valence-electron chi connectivity index (χ4n) is 3.97. The molecule has 0 spiro atoms. The van der Waals surface area contributed by atoms with Crippen molar-refractivity contribution >= 4 is 17.9 Å². The maximum absolute atomic E-state index is 13.4. The molecule has 2 aromatic rings. The Morgan fingerprint density at radius 3 is 2.14 bits per heavy atom. The van der Waals surface area contributed by atoms with Gasteiger partial charge in [-0.25, -0.2) is 4.79 Å². The van der Waals surface area contributed by atoms with Gasteiger partial charge >= 0.3 is 6.09 Å². The van der Waals surface area contributed by atoms with Gasteiger partial charge in [-0.2, -0.15) is 0 Å². The fraction of sp³-hybridized carbons (Fsp3) is 0.483. The Morgan fingerprint density at radius 1 is 0.973 bits per heavy atom. The summed E-state index contributed by atoms with van der Waals surface area (Å²) in [6, 6.07) is 12.2. The summed E-state index contributed by atoms with van der Waals surface area (Å²) in [6.45, 7) is 12.6. The molecule has 8 heteroatoms. The van der Waals surface area contributed by atoms with Crippen LogP contribution in [0.2, 0.25) is 0 Å². The van der Waals surface area contributed by atoms with Crippen molar-refractivity contribution in [3.8, 4) is 5.75 Å². The molecule has 202 valence electrons. The number of ether oxygens (including phenoxy) is 1. The average molecular weight is 512 g/mol. The summed E-state index contributed by atoms with van der Waals surface area (Å²) in [7, 11) is 0. The van der Waals surface area contributed by atoms with E-state index in [1.807, 2.05) is 44.2 Å². The number of rotatable bonds is 10. The van der Waals surface area contributed by atoms with Crippen LogP contribution in [-0.4, -0.2) is 46.7 Å². The van der Waals surface area contributed by atoms with Gasteiger partial charge in [0.2, 0.25) is 11.8 Å². The van der Waals surface area contributed by atoms with Gasteiger partial charge in [0.15, 0.2) is 0 Å². The van der Waals surface area contributed by atoms with Crippen LogP contribution in [0, 0.1) is 13.8 Å². The van der Waals surface area contributed by atoms with Crippen molar-refractivity contribution in [2.75, 3.05) is 6.54 Å². The zero-order chi connectivity index (χ0) is 27.8.